The first-order chi connectivity index (χ1) is 10.2. The summed E-state index contributed by atoms with van der Waals surface area (Å²) in [7, 11) is 1.68. The number of benzene rings is 1. The number of hydrogen-bond donors (Lipinski definition) is 1. The molecule has 21 heavy (non-hydrogen) atoms. The molecule has 0 saturated heterocycles. The highest BCUT2D eigenvalue weighted by Gasteiger charge is 2.11. The molecule has 0 unspecified atom stereocenters. The monoisotopic (exact) mass is 281 g/mol. The van der Waals surface area contributed by atoms with Gasteiger partial charge < -0.3 is 14.9 Å². The Morgan fingerprint density at radius 3 is 2.86 bits per heavy atom. The Hall–Kier alpha value is -2.33. The molecule has 0 amide bonds. The summed E-state index contributed by atoms with van der Waals surface area (Å²) in [5, 5.41) is 0. The van der Waals surface area contributed by atoms with Gasteiger partial charge in [-0.15, -0.1) is 0 Å². The second-order valence-electron chi connectivity index (χ2n) is 5.17. The summed E-state index contributed by atoms with van der Waals surface area (Å²) in [5.41, 5.74) is 11.3. The van der Waals surface area contributed by atoms with Gasteiger partial charge >= 0.3 is 0 Å². The third-order valence-corrected chi connectivity index (χ3v) is 3.65. The number of ether oxygens (including phenoxy) is 1. The molecule has 0 aliphatic carbocycles. The molecule has 3 aromatic rings. The molecule has 4 heteroatoms. The lowest BCUT2D eigenvalue weighted by atomic mass is 10.1. The summed E-state index contributed by atoms with van der Waals surface area (Å²) in [6, 6.07) is 12.2. The number of fused-ring (bicyclic) bond motifs is 1. The summed E-state index contributed by atoms with van der Waals surface area (Å²) in [6.07, 6.45) is 2.84. The van der Waals surface area contributed by atoms with Crippen molar-refractivity contribution in [3.63, 3.8) is 0 Å². The van der Waals surface area contributed by atoms with Crippen LogP contribution in [0.25, 0.3) is 5.65 Å². The van der Waals surface area contributed by atoms with Crippen LogP contribution in [0.5, 0.6) is 5.75 Å². The van der Waals surface area contributed by atoms with Crippen molar-refractivity contribution in [2.75, 3.05) is 7.11 Å². The second kappa shape index (κ2) is 5.58. The summed E-state index contributed by atoms with van der Waals surface area (Å²) >= 11 is 0. The number of rotatable bonds is 4. The topological polar surface area (TPSA) is 52.5 Å². The highest BCUT2D eigenvalue weighted by molar-refractivity contribution is 5.46. The Bertz CT molecular complexity index is 777. The minimum Gasteiger partial charge on any atom is -0.497 e. The molecule has 0 fully saturated rings. The van der Waals surface area contributed by atoms with Gasteiger partial charge in [-0.05, 0) is 36.2 Å². The van der Waals surface area contributed by atoms with Gasteiger partial charge in [0.05, 0.1) is 18.5 Å². The minimum atomic E-state index is 0.476. The quantitative estimate of drug-likeness (QED) is 0.800. The van der Waals surface area contributed by atoms with E-state index in [1.807, 2.05) is 24.3 Å². The molecule has 0 spiro atoms. The number of aryl methyl sites for hydroxylation is 1. The van der Waals surface area contributed by atoms with Crippen LogP contribution in [0.1, 0.15) is 22.5 Å². The highest BCUT2D eigenvalue weighted by Crippen LogP contribution is 2.20. The third kappa shape index (κ3) is 2.62. The van der Waals surface area contributed by atoms with Crippen molar-refractivity contribution in [1.82, 2.24) is 9.38 Å². The van der Waals surface area contributed by atoms with Gasteiger partial charge in [0.2, 0.25) is 0 Å². The first-order valence-electron chi connectivity index (χ1n) is 7.00. The van der Waals surface area contributed by atoms with E-state index in [9.17, 15) is 0 Å². The van der Waals surface area contributed by atoms with Gasteiger partial charge in [0, 0.05) is 19.2 Å². The molecular weight excluding hydrogens is 262 g/mol. The van der Waals surface area contributed by atoms with E-state index in [0.717, 1.165) is 29.2 Å². The molecule has 0 aliphatic rings. The van der Waals surface area contributed by atoms with Crippen LogP contribution in [-0.4, -0.2) is 16.5 Å². The Labute approximate surface area is 124 Å². The van der Waals surface area contributed by atoms with Crippen LogP contribution in [0, 0.1) is 6.92 Å². The number of pyridine rings is 1. The van der Waals surface area contributed by atoms with E-state index >= 15 is 0 Å². The van der Waals surface area contributed by atoms with Crippen molar-refractivity contribution in [2.24, 2.45) is 5.73 Å². The van der Waals surface area contributed by atoms with Crippen LogP contribution >= 0.6 is 0 Å². The van der Waals surface area contributed by atoms with Crippen molar-refractivity contribution in [2.45, 2.75) is 19.9 Å². The zero-order chi connectivity index (χ0) is 14.8. The van der Waals surface area contributed by atoms with E-state index in [1.54, 1.807) is 7.11 Å². The normalized spacial score (nSPS) is 11.0. The smallest absolute Gasteiger partial charge is 0.137 e. The summed E-state index contributed by atoms with van der Waals surface area (Å²) in [4.78, 5) is 4.72. The van der Waals surface area contributed by atoms with E-state index in [2.05, 4.69) is 29.7 Å². The number of hydrogen-bond acceptors (Lipinski definition) is 3. The molecule has 1 aromatic carbocycles. The van der Waals surface area contributed by atoms with Gasteiger partial charge in [0.1, 0.15) is 11.4 Å². The van der Waals surface area contributed by atoms with Crippen LogP contribution < -0.4 is 10.5 Å². The predicted octanol–water partition coefficient (Wildman–Crippen LogP) is 2.70. The van der Waals surface area contributed by atoms with Crippen LogP contribution in [0.2, 0.25) is 0 Å². The number of methoxy groups -OCH3 is 1. The first-order valence-corrected chi connectivity index (χ1v) is 7.00. The number of aromatic nitrogens is 2. The molecule has 0 aliphatic heterocycles. The maximum absolute atomic E-state index is 5.94. The standard InChI is InChI=1S/C17H19N3O/c1-12-6-7-17-19-15(16(10-18)20(17)11-12)9-13-4-3-5-14(8-13)21-2/h3-8,11H,9-10,18H2,1-2H3. The molecule has 0 saturated carbocycles. The first kappa shape index (κ1) is 13.6. The van der Waals surface area contributed by atoms with Gasteiger partial charge in [-0.3, -0.25) is 0 Å². The molecule has 2 heterocycles. The molecule has 0 radical (unpaired) electrons. The van der Waals surface area contributed by atoms with Crippen LogP contribution in [0.15, 0.2) is 42.6 Å². The Morgan fingerprint density at radius 2 is 2.10 bits per heavy atom. The summed E-state index contributed by atoms with van der Waals surface area (Å²) in [5.74, 6) is 0.862. The van der Waals surface area contributed by atoms with Crippen molar-refractivity contribution < 1.29 is 4.74 Å². The molecule has 2 aromatic heterocycles. The Kier molecular flexibility index (Phi) is 3.62. The van der Waals surface area contributed by atoms with Crippen LogP contribution in [0.3, 0.4) is 0 Å². The summed E-state index contributed by atoms with van der Waals surface area (Å²) < 4.78 is 7.36. The molecular formula is C17H19N3O. The van der Waals surface area contributed by atoms with E-state index in [-0.39, 0.29) is 0 Å². The van der Waals surface area contributed by atoms with Gasteiger partial charge in [-0.2, -0.15) is 0 Å². The van der Waals surface area contributed by atoms with Crippen molar-refractivity contribution in [3.05, 3.63) is 65.1 Å². The number of nitrogens with zero attached hydrogens (tertiary/aromatic N) is 2. The Balaban J connectivity index is 2.03. The molecule has 0 atom stereocenters. The van der Waals surface area contributed by atoms with Gasteiger partial charge in [-0.25, -0.2) is 4.98 Å². The van der Waals surface area contributed by atoms with Crippen molar-refractivity contribution in [3.8, 4) is 5.75 Å². The fraction of sp³-hybridized carbons (Fsp3) is 0.235. The number of nitrogens with two attached hydrogens (primary N) is 1. The zero-order valence-corrected chi connectivity index (χ0v) is 12.3. The number of imidazole rings is 1. The average molecular weight is 281 g/mol. The third-order valence-electron chi connectivity index (χ3n) is 3.65. The maximum Gasteiger partial charge on any atom is 0.137 e. The van der Waals surface area contributed by atoms with Gasteiger partial charge in [0.15, 0.2) is 0 Å². The molecule has 108 valence electrons. The largest absolute Gasteiger partial charge is 0.497 e. The minimum absolute atomic E-state index is 0.476. The molecule has 3 rings (SSSR count). The average Bonchev–Trinajstić information content (AvgIpc) is 2.83. The molecule has 0 bridgehead atoms. The summed E-state index contributed by atoms with van der Waals surface area (Å²) in [6.45, 7) is 2.55. The highest BCUT2D eigenvalue weighted by atomic mass is 16.5. The SMILES string of the molecule is COc1cccc(Cc2nc3ccc(C)cn3c2CN)c1. The maximum atomic E-state index is 5.94. The van der Waals surface area contributed by atoms with Gasteiger partial charge in [0.25, 0.3) is 0 Å². The van der Waals surface area contributed by atoms with E-state index < -0.39 is 0 Å². The molecule has 2 N–H and O–H groups in total. The fourth-order valence-electron chi connectivity index (χ4n) is 2.58. The Morgan fingerprint density at radius 1 is 1.24 bits per heavy atom. The van der Waals surface area contributed by atoms with E-state index in [1.165, 1.54) is 11.1 Å². The lowest BCUT2D eigenvalue weighted by Gasteiger charge is -2.05. The van der Waals surface area contributed by atoms with Crippen molar-refractivity contribution in [1.29, 1.82) is 0 Å². The zero-order valence-electron chi connectivity index (χ0n) is 12.3. The van der Waals surface area contributed by atoms with Crippen molar-refractivity contribution >= 4 is 5.65 Å². The van der Waals surface area contributed by atoms with E-state index in [4.69, 9.17) is 15.5 Å². The lowest BCUT2D eigenvalue weighted by molar-refractivity contribution is 0.414. The van der Waals surface area contributed by atoms with E-state index in [0.29, 0.717) is 6.54 Å². The van der Waals surface area contributed by atoms with Gasteiger partial charge in [-0.1, -0.05) is 18.2 Å². The lowest BCUT2D eigenvalue weighted by Crippen LogP contribution is -2.05. The molecule has 4 nitrogen and oxygen atoms in total. The van der Waals surface area contributed by atoms with Crippen LogP contribution in [0.4, 0.5) is 0 Å². The predicted molar refractivity (Wildman–Crippen MR) is 83.6 cm³/mol. The second-order valence-corrected chi connectivity index (χ2v) is 5.17. The fourth-order valence-corrected chi connectivity index (χ4v) is 2.58. The van der Waals surface area contributed by atoms with Crippen LogP contribution in [-0.2, 0) is 13.0 Å².